The number of nitrogens with two attached hydrogens (primary N) is 1. The van der Waals surface area contributed by atoms with Crippen LogP contribution in [0.15, 0.2) is 22.2 Å². The fraction of sp³-hybridized carbons (Fsp3) is 0.500. The number of sulfonamides is 1. The molecule has 9 nitrogen and oxygen atoms in total. The molecule has 2 amide bonds. The van der Waals surface area contributed by atoms with Crippen molar-refractivity contribution >= 4 is 27.6 Å². The number of carbonyl (C=O) groups is 1. The first-order chi connectivity index (χ1) is 14.2. The highest BCUT2D eigenvalue weighted by atomic mass is 32.2. The van der Waals surface area contributed by atoms with Gasteiger partial charge in [0.2, 0.25) is 5.90 Å². The van der Waals surface area contributed by atoms with Crippen molar-refractivity contribution in [2.24, 2.45) is 10.7 Å². The molecule has 1 atom stereocenters. The van der Waals surface area contributed by atoms with Crippen LogP contribution in [-0.2, 0) is 40.4 Å². The van der Waals surface area contributed by atoms with Gasteiger partial charge in [0.05, 0.1) is 6.54 Å². The number of aliphatic imine (C=N–C) groups is 1. The number of amides is 2. The molecule has 1 heterocycles. The first kappa shape index (κ1) is 20.7. The van der Waals surface area contributed by atoms with Crippen LogP contribution >= 0.6 is 0 Å². The zero-order valence-electron chi connectivity index (χ0n) is 16.8. The van der Waals surface area contributed by atoms with Gasteiger partial charge >= 0.3 is 6.03 Å². The van der Waals surface area contributed by atoms with E-state index < -0.39 is 26.6 Å². The summed E-state index contributed by atoms with van der Waals surface area (Å²) >= 11 is 0. The standard InChI is InChI=1S/C20H26N4O5S/c1-20(26)10-22-18(29-11-20)16(9-21)30(27,28)24-19(25)23-17-14-6-2-4-12(14)8-13-5-3-7-15(13)17/h8-9,26H,2-7,10-11,21H2,1H3,(H2,23,24,25). The number of carbonyl (C=O) groups excluding carboxylic acids is 1. The second-order valence-corrected chi connectivity index (χ2v) is 9.88. The summed E-state index contributed by atoms with van der Waals surface area (Å²) in [6.07, 6.45) is 6.54. The summed E-state index contributed by atoms with van der Waals surface area (Å²) in [5, 5.41) is 12.7. The molecule has 1 aromatic carbocycles. The lowest BCUT2D eigenvalue weighted by atomic mass is 9.99. The van der Waals surface area contributed by atoms with Crippen molar-refractivity contribution in [3.8, 4) is 0 Å². The number of urea groups is 1. The third-order valence-corrected chi connectivity index (χ3v) is 7.02. The number of aliphatic hydroxyl groups is 1. The Morgan fingerprint density at radius 1 is 1.23 bits per heavy atom. The highest BCUT2D eigenvalue weighted by Crippen LogP contribution is 2.38. The third kappa shape index (κ3) is 3.89. The molecular weight excluding hydrogens is 408 g/mol. The predicted molar refractivity (Wildman–Crippen MR) is 113 cm³/mol. The minimum atomic E-state index is -4.32. The fourth-order valence-corrected chi connectivity index (χ4v) is 5.20. The molecule has 0 aromatic heterocycles. The topological polar surface area (TPSA) is 143 Å². The van der Waals surface area contributed by atoms with Crippen molar-refractivity contribution in [3.05, 3.63) is 39.4 Å². The lowest BCUT2D eigenvalue weighted by Gasteiger charge is -2.27. The van der Waals surface area contributed by atoms with E-state index in [9.17, 15) is 18.3 Å². The Balaban J connectivity index is 1.54. The summed E-state index contributed by atoms with van der Waals surface area (Å²) < 4.78 is 32.8. The van der Waals surface area contributed by atoms with Gasteiger partial charge in [-0.05, 0) is 67.7 Å². The molecule has 0 radical (unpaired) electrons. The Labute approximate surface area is 175 Å². The highest BCUT2D eigenvalue weighted by Gasteiger charge is 2.33. The van der Waals surface area contributed by atoms with Crippen LogP contribution in [0.25, 0.3) is 0 Å². The zero-order valence-corrected chi connectivity index (χ0v) is 17.6. The number of aryl methyl sites for hydroxylation is 2. The zero-order chi connectivity index (χ0) is 21.5. The number of nitrogens with zero attached hydrogens (tertiary/aromatic N) is 1. The van der Waals surface area contributed by atoms with E-state index in [1.807, 2.05) is 4.72 Å². The monoisotopic (exact) mass is 434 g/mol. The van der Waals surface area contributed by atoms with Crippen molar-refractivity contribution in [1.29, 1.82) is 0 Å². The molecule has 0 spiro atoms. The molecule has 5 N–H and O–H groups in total. The van der Waals surface area contributed by atoms with Crippen molar-refractivity contribution in [2.45, 2.75) is 51.0 Å². The minimum Gasteiger partial charge on any atom is -0.474 e. The summed E-state index contributed by atoms with van der Waals surface area (Å²) in [4.78, 5) is 16.1. The largest absolute Gasteiger partial charge is 0.474 e. The van der Waals surface area contributed by atoms with Crippen LogP contribution < -0.4 is 15.8 Å². The lowest BCUT2D eigenvalue weighted by Crippen LogP contribution is -2.43. The maximum Gasteiger partial charge on any atom is 0.333 e. The van der Waals surface area contributed by atoms with E-state index in [2.05, 4.69) is 16.4 Å². The maximum absolute atomic E-state index is 12.7. The molecule has 1 aliphatic heterocycles. The second kappa shape index (κ2) is 7.59. The van der Waals surface area contributed by atoms with E-state index in [4.69, 9.17) is 10.5 Å². The first-order valence-electron chi connectivity index (χ1n) is 10.0. The van der Waals surface area contributed by atoms with Gasteiger partial charge in [-0.2, -0.15) is 0 Å². The number of anilines is 1. The van der Waals surface area contributed by atoms with E-state index in [1.54, 1.807) is 0 Å². The molecule has 1 unspecified atom stereocenters. The van der Waals surface area contributed by atoms with Gasteiger partial charge in [-0.15, -0.1) is 0 Å². The van der Waals surface area contributed by atoms with E-state index in [0.717, 1.165) is 61.5 Å². The van der Waals surface area contributed by atoms with Gasteiger partial charge in [-0.25, -0.2) is 22.9 Å². The van der Waals surface area contributed by atoms with Gasteiger partial charge < -0.3 is 20.9 Å². The third-order valence-electron chi connectivity index (χ3n) is 5.67. The Bertz CT molecular complexity index is 1030. The number of benzene rings is 1. The van der Waals surface area contributed by atoms with Crippen molar-refractivity contribution in [1.82, 2.24) is 4.72 Å². The number of hydrogen-bond donors (Lipinski definition) is 4. The highest BCUT2D eigenvalue weighted by molar-refractivity contribution is 7.94. The van der Waals surface area contributed by atoms with Gasteiger partial charge in [-0.3, -0.25) is 0 Å². The van der Waals surface area contributed by atoms with Gasteiger partial charge in [-0.1, -0.05) is 6.07 Å². The molecule has 3 aliphatic rings. The Kier molecular flexibility index (Phi) is 5.23. The molecule has 4 rings (SSSR count). The summed E-state index contributed by atoms with van der Waals surface area (Å²) in [5.74, 6) is -0.231. The van der Waals surface area contributed by atoms with Crippen LogP contribution in [0.2, 0.25) is 0 Å². The van der Waals surface area contributed by atoms with Crippen LogP contribution in [-0.4, -0.2) is 44.2 Å². The Morgan fingerprint density at radius 3 is 2.40 bits per heavy atom. The summed E-state index contributed by atoms with van der Waals surface area (Å²) in [6, 6.07) is 1.37. The molecule has 0 fully saturated rings. The van der Waals surface area contributed by atoms with Gasteiger partial charge in [0, 0.05) is 11.9 Å². The fourth-order valence-electron chi connectivity index (χ4n) is 4.27. The molecule has 1 aromatic rings. The number of nitrogens with one attached hydrogen (secondary N) is 2. The lowest BCUT2D eigenvalue weighted by molar-refractivity contribution is 0.00490. The van der Waals surface area contributed by atoms with E-state index in [1.165, 1.54) is 18.1 Å². The molecule has 30 heavy (non-hydrogen) atoms. The number of rotatable bonds is 4. The van der Waals surface area contributed by atoms with Crippen LogP contribution in [0.1, 0.15) is 42.0 Å². The molecule has 2 aliphatic carbocycles. The van der Waals surface area contributed by atoms with E-state index in [-0.39, 0.29) is 19.0 Å². The molecular formula is C20H26N4O5S. The molecule has 162 valence electrons. The molecule has 0 saturated heterocycles. The quantitative estimate of drug-likeness (QED) is 0.559. The Morgan fingerprint density at radius 2 is 1.87 bits per heavy atom. The average molecular weight is 435 g/mol. The van der Waals surface area contributed by atoms with Gasteiger partial charge in [0.15, 0.2) is 4.91 Å². The SMILES string of the molecule is CC1(O)CN=C(C(=CN)S(=O)(=O)NC(=O)Nc2c3c(cc4c2CCC4)CCC3)OC1. The maximum atomic E-state index is 12.7. The van der Waals surface area contributed by atoms with Crippen molar-refractivity contribution < 1.29 is 23.1 Å². The number of hydrogen-bond acceptors (Lipinski definition) is 7. The van der Waals surface area contributed by atoms with Crippen LogP contribution in [0.4, 0.5) is 10.5 Å². The van der Waals surface area contributed by atoms with Crippen molar-refractivity contribution in [2.75, 3.05) is 18.5 Å². The summed E-state index contributed by atoms with van der Waals surface area (Å²) in [7, 11) is -4.32. The molecule has 0 bridgehead atoms. The van der Waals surface area contributed by atoms with Crippen LogP contribution in [0.3, 0.4) is 0 Å². The number of fused-ring (bicyclic) bond motifs is 2. The summed E-state index contributed by atoms with van der Waals surface area (Å²) in [5.41, 5.74) is 9.70. The summed E-state index contributed by atoms with van der Waals surface area (Å²) in [6.45, 7) is 1.35. The van der Waals surface area contributed by atoms with Crippen LogP contribution in [0.5, 0.6) is 0 Å². The van der Waals surface area contributed by atoms with Gasteiger partial charge in [0.25, 0.3) is 10.0 Å². The van der Waals surface area contributed by atoms with Crippen LogP contribution in [0, 0.1) is 0 Å². The molecule has 0 saturated carbocycles. The van der Waals surface area contributed by atoms with E-state index in [0.29, 0.717) is 0 Å². The number of ether oxygens (including phenoxy) is 1. The van der Waals surface area contributed by atoms with Crippen molar-refractivity contribution in [3.63, 3.8) is 0 Å². The second-order valence-electron chi connectivity index (χ2n) is 8.23. The Hall–Kier alpha value is -2.59. The minimum absolute atomic E-state index is 0.0380. The smallest absolute Gasteiger partial charge is 0.333 e. The first-order valence-corrected chi connectivity index (χ1v) is 11.5. The average Bonchev–Trinajstić information content (AvgIpc) is 3.32. The van der Waals surface area contributed by atoms with E-state index >= 15 is 0 Å². The predicted octanol–water partition coefficient (Wildman–Crippen LogP) is 1.10. The molecule has 10 heteroatoms. The van der Waals surface area contributed by atoms with Gasteiger partial charge in [0.1, 0.15) is 12.2 Å². The normalized spacial score (nSPS) is 23.3.